The summed E-state index contributed by atoms with van der Waals surface area (Å²) in [5.74, 6) is 0. The minimum absolute atomic E-state index is 0.229. The molecule has 1 aliphatic carbocycles. The molecular weight excluding hydrogens is 312 g/mol. The van der Waals surface area contributed by atoms with Crippen molar-refractivity contribution in [3.8, 4) is 0 Å². The first-order chi connectivity index (χ1) is 11.9. The number of nitrogens with zero attached hydrogens (tertiary/aromatic N) is 1. The summed E-state index contributed by atoms with van der Waals surface area (Å²) < 4.78 is 5.61. The van der Waals surface area contributed by atoms with Gasteiger partial charge in [0.25, 0.3) is 0 Å². The summed E-state index contributed by atoms with van der Waals surface area (Å²) in [4.78, 5) is 14.4. The number of hydrogen-bond acceptors (Lipinski definition) is 3. The first kappa shape index (κ1) is 18.2. The Labute approximate surface area is 151 Å². The third-order valence-electron chi connectivity index (χ3n) is 5.13. The van der Waals surface area contributed by atoms with Gasteiger partial charge < -0.3 is 10.1 Å². The van der Waals surface area contributed by atoms with Crippen LogP contribution in [0.2, 0.25) is 0 Å². The highest BCUT2D eigenvalue weighted by atomic mass is 16.6. The molecule has 0 unspecified atom stereocenters. The quantitative estimate of drug-likeness (QED) is 0.801. The van der Waals surface area contributed by atoms with E-state index in [4.69, 9.17) is 4.74 Å². The summed E-state index contributed by atoms with van der Waals surface area (Å²) in [5.41, 5.74) is 3.07. The fraction of sp³-hybridized carbons (Fsp3) is 0.667. The average Bonchev–Trinajstić information content (AvgIpc) is 2.81. The first-order valence-corrected chi connectivity index (χ1v) is 9.79. The highest BCUT2D eigenvalue weighted by molar-refractivity contribution is 5.91. The van der Waals surface area contributed by atoms with Gasteiger partial charge in [-0.05, 0) is 51.2 Å². The van der Waals surface area contributed by atoms with Crippen LogP contribution in [0.4, 0.5) is 10.5 Å². The zero-order chi connectivity index (χ0) is 17.9. The van der Waals surface area contributed by atoms with E-state index in [1.165, 1.54) is 49.7 Å². The summed E-state index contributed by atoms with van der Waals surface area (Å²) in [6.45, 7) is 7.29. The normalized spacial score (nSPS) is 18.8. The molecule has 0 spiro atoms. The molecule has 0 atom stereocenters. The van der Waals surface area contributed by atoms with Crippen molar-refractivity contribution in [1.82, 2.24) is 5.32 Å². The predicted molar refractivity (Wildman–Crippen MR) is 102 cm³/mol. The number of anilines is 1. The largest absolute Gasteiger partial charge is 0.443 e. The van der Waals surface area contributed by atoms with Gasteiger partial charge in [-0.15, -0.1) is 0 Å². The van der Waals surface area contributed by atoms with Crippen molar-refractivity contribution in [1.29, 1.82) is 0 Å². The van der Waals surface area contributed by atoms with E-state index >= 15 is 0 Å². The number of fused-ring (bicyclic) bond motifs is 1. The van der Waals surface area contributed by atoms with Gasteiger partial charge in [0.2, 0.25) is 0 Å². The molecule has 1 aromatic carbocycles. The fourth-order valence-electron chi connectivity index (χ4n) is 3.92. The molecule has 1 amide bonds. The van der Waals surface area contributed by atoms with Crippen LogP contribution in [0.1, 0.15) is 70.4 Å². The minimum Gasteiger partial charge on any atom is -0.443 e. The zero-order valence-corrected chi connectivity index (χ0v) is 15.9. The summed E-state index contributed by atoms with van der Waals surface area (Å²) in [6.07, 6.45) is 8.61. The molecule has 3 rings (SSSR count). The van der Waals surface area contributed by atoms with Gasteiger partial charge in [0.1, 0.15) is 5.60 Å². The molecule has 0 aromatic heterocycles. The molecule has 0 bridgehead atoms. The van der Waals surface area contributed by atoms with E-state index in [0.717, 1.165) is 18.7 Å². The number of para-hydroxylation sites is 1. The van der Waals surface area contributed by atoms with Gasteiger partial charge in [-0.25, -0.2) is 4.79 Å². The van der Waals surface area contributed by atoms with Crippen molar-refractivity contribution >= 4 is 11.8 Å². The summed E-state index contributed by atoms with van der Waals surface area (Å²) in [5, 5.41) is 3.74. The monoisotopic (exact) mass is 344 g/mol. The Balaban J connectivity index is 1.71. The third kappa shape index (κ3) is 4.75. The maximum Gasteiger partial charge on any atom is 0.414 e. The number of benzene rings is 1. The molecule has 1 aliphatic heterocycles. The van der Waals surface area contributed by atoms with E-state index in [9.17, 15) is 4.79 Å². The summed E-state index contributed by atoms with van der Waals surface area (Å²) in [7, 11) is 0. The Kier molecular flexibility index (Phi) is 5.67. The van der Waals surface area contributed by atoms with Crippen LogP contribution in [0.15, 0.2) is 18.2 Å². The maximum absolute atomic E-state index is 12.6. The van der Waals surface area contributed by atoms with Crippen LogP contribution in [-0.4, -0.2) is 24.3 Å². The van der Waals surface area contributed by atoms with Crippen LogP contribution in [0.5, 0.6) is 0 Å². The molecule has 25 heavy (non-hydrogen) atoms. The van der Waals surface area contributed by atoms with E-state index < -0.39 is 5.60 Å². The van der Waals surface area contributed by atoms with Gasteiger partial charge in [-0.2, -0.15) is 0 Å². The molecule has 0 radical (unpaired) electrons. The number of rotatable bonds is 3. The Morgan fingerprint density at radius 1 is 1.20 bits per heavy atom. The van der Waals surface area contributed by atoms with Gasteiger partial charge in [0, 0.05) is 19.1 Å². The third-order valence-corrected chi connectivity index (χ3v) is 5.13. The van der Waals surface area contributed by atoms with Crippen molar-refractivity contribution in [2.45, 2.75) is 83.9 Å². The molecule has 1 heterocycles. The Bertz CT molecular complexity index is 598. The van der Waals surface area contributed by atoms with Gasteiger partial charge in [0.05, 0.1) is 5.69 Å². The van der Waals surface area contributed by atoms with Crippen molar-refractivity contribution in [2.75, 3.05) is 11.4 Å². The van der Waals surface area contributed by atoms with E-state index in [0.29, 0.717) is 12.6 Å². The van der Waals surface area contributed by atoms with Crippen LogP contribution < -0.4 is 10.2 Å². The molecule has 4 nitrogen and oxygen atoms in total. The van der Waals surface area contributed by atoms with E-state index in [1.807, 2.05) is 25.7 Å². The lowest BCUT2D eigenvalue weighted by atomic mass is 10.1. The molecule has 1 aromatic rings. The van der Waals surface area contributed by atoms with E-state index in [1.54, 1.807) is 0 Å². The number of carbonyl (C=O) groups excluding carboxylic acids is 1. The summed E-state index contributed by atoms with van der Waals surface area (Å²) in [6, 6.07) is 7.00. The van der Waals surface area contributed by atoms with Gasteiger partial charge in [-0.3, -0.25) is 4.90 Å². The number of carbonyl (C=O) groups is 1. The standard InChI is InChI=1S/C21H32N2O2/c1-21(2,3)25-20(24)23-14-13-16-9-8-10-17(19(16)23)15-22-18-11-6-4-5-7-12-18/h8-10,18,22H,4-7,11-15H2,1-3H3. The van der Waals surface area contributed by atoms with Crippen LogP contribution >= 0.6 is 0 Å². The molecule has 2 aliphatic rings. The van der Waals surface area contributed by atoms with Gasteiger partial charge in [-0.1, -0.05) is 43.9 Å². The number of nitrogens with one attached hydrogen (secondary N) is 1. The SMILES string of the molecule is CC(C)(C)OC(=O)N1CCc2cccc(CNC3CCCCCC3)c21. The number of hydrogen-bond donors (Lipinski definition) is 1. The lowest BCUT2D eigenvalue weighted by Gasteiger charge is -2.26. The maximum atomic E-state index is 12.6. The molecule has 138 valence electrons. The Morgan fingerprint density at radius 3 is 2.60 bits per heavy atom. The summed E-state index contributed by atoms with van der Waals surface area (Å²) >= 11 is 0. The molecular formula is C21H32N2O2. The number of amides is 1. The molecule has 1 saturated carbocycles. The first-order valence-electron chi connectivity index (χ1n) is 9.79. The van der Waals surface area contributed by atoms with E-state index in [-0.39, 0.29) is 6.09 Å². The van der Waals surface area contributed by atoms with Crippen LogP contribution in [0.25, 0.3) is 0 Å². The zero-order valence-electron chi connectivity index (χ0n) is 15.9. The average molecular weight is 344 g/mol. The number of ether oxygens (including phenoxy) is 1. The highest BCUT2D eigenvalue weighted by Gasteiger charge is 2.30. The Morgan fingerprint density at radius 2 is 1.92 bits per heavy atom. The van der Waals surface area contributed by atoms with Gasteiger partial charge in [0.15, 0.2) is 0 Å². The fourth-order valence-corrected chi connectivity index (χ4v) is 3.92. The van der Waals surface area contributed by atoms with Crippen molar-refractivity contribution in [2.24, 2.45) is 0 Å². The van der Waals surface area contributed by atoms with E-state index in [2.05, 4.69) is 23.5 Å². The minimum atomic E-state index is -0.465. The highest BCUT2D eigenvalue weighted by Crippen LogP contribution is 2.33. The molecule has 1 N–H and O–H groups in total. The van der Waals surface area contributed by atoms with Crippen LogP contribution in [-0.2, 0) is 17.7 Å². The molecule has 4 heteroatoms. The lowest BCUT2D eigenvalue weighted by molar-refractivity contribution is 0.0583. The Hall–Kier alpha value is -1.55. The van der Waals surface area contributed by atoms with Gasteiger partial charge >= 0.3 is 6.09 Å². The lowest BCUT2D eigenvalue weighted by Crippen LogP contribution is -2.36. The van der Waals surface area contributed by atoms with Crippen molar-refractivity contribution in [3.05, 3.63) is 29.3 Å². The predicted octanol–water partition coefficient (Wildman–Crippen LogP) is 4.80. The molecule has 0 saturated heterocycles. The second-order valence-corrected chi connectivity index (χ2v) is 8.38. The second-order valence-electron chi connectivity index (χ2n) is 8.38. The van der Waals surface area contributed by atoms with Crippen LogP contribution in [0.3, 0.4) is 0 Å². The second kappa shape index (κ2) is 7.77. The van der Waals surface area contributed by atoms with Crippen molar-refractivity contribution in [3.63, 3.8) is 0 Å². The van der Waals surface area contributed by atoms with Crippen LogP contribution in [0, 0.1) is 0 Å². The van der Waals surface area contributed by atoms with Crippen molar-refractivity contribution < 1.29 is 9.53 Å². The molecule has 1 fully saturated rings. The smallest absolute Gasteiger partial charge is 0.414 e. The topological polar surface area (TPSA) is 41.6 Å².